The average Bonchev–Trinajstić information content (AvgIpc) is 2.55. The molecule has 0 aliphatic heterocycles. The van der Waals surface area contributed by atoms with Crippen molar-refractivity contribution >= 4 is 17.4 Å². The maximum absolute atomic E-state index is 12.5. The highest BCUT2D eigenvalue weighted by Crippen LogP contribution is 2.19. The van der Waals surface area contributed by atoms with Gasteiger partial charge < -0.3 is 10.1 Å². The molecule has 0 heterocycles. The number of anilines is 1. The Balaban J connectivity index is 2.09. The molecule has 2 rings (SSSR count). The van der Waals surface area contributed by atoms with Gasteiger partial charge in [-0.05, 0) is 62.6 Å². The van der Waals surface area contributed by atoms with E-state index in [9.17, 15) is 9.59 Å². The van der Waals surface area contributed by atoms with Crippen LogP contribution in [0.2, 0.25) is 0 Å². The summed E-state index contributed by atoms with van der Waals surface area (Å²) in [4.78, 5) is 23.9. The van der Waals surface area contributed by atoms with Crippen LogP contribution in [-0.4, -0.2) is 17.8 Å². The number of ether oxygens (including phenoxy) is 1. The second-order valence-corrected chi connectivity index (χ2v) is 5.89. The molecule has 0 aromatic heterocycles. The Morgan fingerprint density at radius 3 is 2.46 bits per heavy atom. The maximum Gasteiger partial charge on any atom is 0.265 e. The molecule has 0 saturated carbocycles. The number of ketones is 1. The summed E-state index contributed by atoms with van der Waals surface area (Å²) in [6.45, 7) is 7.44. The third-order valence-corrected chi connectivity index (χ3v) is 3.96. The highest BCUT2D eigenvalue weighted by molar-refractivity contribution is 5.98. The lowest BCUT2D eigenvalue weighted by atomic mass is 10.1. The first-order valence-electron chi connectivity index (χ1n) is 8.06. The summed E-state index contributed by atoms with van der Waals surface area (Å²) in [6, 6.07) is 12.7. The Hall–Kier alpha value is -2.62. The summed E-state index contributed by atoms with van der Waals surface area (Å²) < 4.78 is 5.83. The van der Waals surface area contributed by atoms with Crippen molar-refractivity contribution in [3.05, 3.63) is 59.2 Å². The molecule has 1 atom stereocenters. The number of hydrogen-bond donors (Lipinski definition) is 1. The van der Waals surface area contributed by atoms with Gasteiger partial charge in [-0.25, -0.2) is 0 Å². The van der Waals surface area contributed by atoms with Crippen LogP contribution in [0.3, 0.4) is 0 Å². The van der Waals surface area contributed by atoms with Gasteiger partial charge in [-0.15, -0.1) is 0 Å². The molecule has 0 fully saturated rings. The Morgan fingerprint density at radius 2 is 1.83 bits per heavy atom. The number of amides is 1. The van der Waals surface area contributed by atoms with E-state index >= 15 is 0 Å². The second-order valence-electron chi connectivity index (χ2n) is 5.89. The minimum Gasteiger partial charge on any atom is -0.481 e. The molecule has 2 aromatic rings. The first kappa shape index (κ1) is 17.7. The van der Waals surface area contributed by atoms with Crippen molar-refractivity contribution in [3.63, 3.8) is 0 Å². The summed E-state index contributed by atoms with van der Waals surface area (Å²) in [5.41, 5.74) is 3.46. The van der Waals surface area contributed by atoms with Gasteiger partial charge in [-0.3, -0.25) is 9.59 Å². The molecule has 0 aliphatic carbocycles. The molecular weight excluding hydrogens is 302 g/mol. The Labute approximate surface area is 142 Å². The number of aryl methyl sites for hydroxylation is 2. The first-order chi connectivity index (χ1) is 11.4. The molecule has 1 amide bonds. The van der Waals surface area contributed by atoms with Gasteiger partial charge in [0.25, 0.3) is 5.91 Å². The van der Waals surface area contributed by atoms with E-state index in [1.54, 1.807) is 24.3 Å². The Bertz CT molecular complexity index is 752. The summed E-state index contributed by atoms with van der Waals surface area (Å²) in [6.07, 6.45) is -0.0429. The van der Waals surface area contributed by atoms with Crippen molar-refractivity contribution in [1.82, 2.24) is 0 Å². The molecule has 1 unspecified atom stereocenters. The van der Waals surface area contributed by atoms with Crippen molar-refractivity contribution in [3.8, 4) is 5.75 Å². The summed E-state index contributed by atoms with van der Waals surface area (Å²) in [7, 11) is 0. The predicted octanol–water partition coefficient (Wildman–Crippen LogP) is 4.30. The molecule has 0 spiro atoms. The smallest absolute Gasteiger partial charge is 0.265 e. The minimum atomic E-state index is -0.590. The minimum absolute atomic E-state index is 0.0375. The van der Waals surface area contributed by atoms with Gasteiger partial charge in [0, 0.05) is 11.3 Å². The summed E-state index contributed by atoms with van der Waals surface area (Å²) in [5.74, 6) is 0.415. The van der Waals surface area contributed by atoms with Crippen molar-refractivity contribution in [2.75, 3.05) is 5.32 Å². The quantitative estimate of drug-likeness (QED) is 0.806. The SMILES string of the molecule is CCC(Oc1ccc(C)c(C)c1)C(=O)Nc1cccc(C(C)=O)c1. The zero-order valence-corrected chi connectivity index (χ0v) is 14.6. The van der Waals surface area contributed by atoms with E-state index in [1.807, 2.05) is 39.0 Å². The van der Waals surface area contributed by atoms with Crippen LogP contribution >= 0.6 is 0 Å². The third-order valence-electron chi connectivity index (χ3n) is 3.96. The fourth-order valence-electron chi connectivity index (χ4n) is 2.31. The highest BCUT2D eigenvalue weighted by atomic mass is 16.5. The monoisotopic (exact) mass is 325 g/mol. The summed E-state index contributed by atoms with van der Waals surface area (Å²) in [5, 5.41) is 2.82. The molecule has 2 aromatic carbocycles. The molecule has 0 bridgehead atoms. The number of carbonyl (C=O) groups excluding carboxylic acids is 2. The van der Waals surface area contributed by atoms with E-state index in [1.165, 1.54) is 12.5 Å². The van der Waals surface area contributed by atoms with Crippen LogP contribution in [0.5, 0.6) is 5.75 Å². The average molecular weight is 325 g/mol. The van der Waals surface area contributed by atoms with Crippen LogP contribution in [0, 0.1) is 13.8 Å². The normalized spacial score (nSPS) is 11.7. The number of nitrogens with one attached hydrogen (secondary N) is 1. The summed E-state index contributed by atoms with van der Waals surface area (Å²) >= 11 is 0. The van der Waals surface area contributed by atoms with E-state index in [-0.39, 0.29) is 11.7 Å². The fourth-order valence-corrected chi connectivity index (χ4v) is 2.31. The van der Waals surface area contributed by atoms with Gasteiger partial charge in [0.15, 0.2) is 11.9 Å². The third kappa shape index (κ3) is 4.44. The van der Waals surface area contributed by atoms with E-state index in [0.29, 0.717) is 23.4 Å². The van der Waals surface area contributed by atoms with Crippen LogP contribution in [0.15, 0.2) is 42.5 Å². The van der Waals surface area contributed by atoms with Crippen LogP contribution < -0.4 is 10.1 Å². The molecule has 24 heavy (non-hydrogen) atoms. The molecule has 0 saturated heterocycles. The maximum atomic E-state index is 12.5. The van der Waals surface area contributed by atoms with Crippen LogP contribution in [0.4, 0.5) is 5.69 Å². The number of Topliss-reactive ketones (excluding diaryl/α,β-unsaturated/α-hetero) is 1. The predicted molar refractivity (Wildman–Crippen MR) is 95.7 cm³/mol. The Kier molecular flexibility index (Phi) is 5.74. The second kappa shape index (κ2) is 7.77. The van der Waals surface area contributed by atoms with Crippen molar-refractivity contribution < 1.29 is 14.3 Å². The van der Waals surface area contributed by atoms with E-state index in [0.717, 1.165) is 5.56 Å². The standard InChI is InChI=1S/C20H23NO3/c1-5-19(24-18-10-9-13(2)14(3)11-18)20(23)21-17-8-6-7-16(12-17)15(4)22/h6-12,19H,5H2,1-4H3,(H,21,23). The largest absolute Gasteiger partial charge is 0.481 e. The van der Waals surface area contributed by atoms with Crippen molar-refractivity contribution in [1.29, 1.82) is 0 Å². The molecule has 0 aliphatic rings. The number of rotatable bonds is 6. The molecule has 1 N–H and O–H groups in total. The van der Waals surface area contributed by atoms with Gasteiger partial charge in [0.1, 0.15) is 5.75 Å². The molecule has 126 valence electrons. The van der Waals surface area contributed by atoms with Gasteiger partial charge in [-0.1, -0.05) is 25.1 Å². The van der Waals surface area contributed by atoms with Gasteiger partial charge >= 0.3 is 0 Å². The fraction of sp³-hybridized carbons (Fsp3) is 0.300. The number of hydrogen-bond acceptors (Lipinski definition) is 3. The zero-order chi connectivity index (χ0) is 17.7. The Morgan fingerprint density at radius 1 is 1.08 bits per heavy atom. The van der Waals surface area contributed by atoms with Gasteiger partial charge in [0.05, 0.1) is 0 Å². The topological polar surface area (TPSA) is 55.4 Å². The first-order valence-corrected chi connectivity index (χ1v) is 8.06. The lowest BCUT2D eigenvalue weighted by molar-refractivity contribution is -0.122. The molecular formula is C20H23NO3. The lowest BCUT2D eigenvalue weighted by Gasteiger charge is -2.18. The number of carbonyl (C=O) groups is 2. The van der Waals surface area contributed by atoms with E-state index in [2.05, 4.69) is 5.32 Å². The highest BCUT2D eigenvalue weighted by Gasteiger charge is 2.19. The van der Waals surface area contributed by atoms with Crippen LogP contribution in [0.1, 0.15) is 41.8 Å². The van der Waals surface area contributed by atoms with Crippen LogP contribution in [-0.2, 0) is 4.79 Å². The van der Waals surface area contributed by atoms with Crippen LogP contribution in [0.25, 0.3) is 0 Å². The van der Waals surface area contributed by atoms with Crippen molar-refractivity contribution in [2.45, 2.75) is 40.2 Å². The van der Waals surface area contributed by atoms with E-state index < -0.39 is 6.10 Å². The van der Waals surface area contributed by atoms with Gasteiger partial charge in [-0.2, -0.15) is 0 Å². The zero-order valence-electron chi connectivity index (χ0n) is 14.6. The van der Waals surface area contributed by atoms with E-state index in [4.69, 9.17) is 4.74 Å². The lowest BCUT2D eigenvalue weighted by Crippen LogP contribution is -2.32. The number of benzene rings is 2. The van der Waals surface area contributed by atoms with Crippen molar-refractivity contribution in [2.24, 2.45) is 0 Å². The molecule has 4 nitrogen and oxygen atoms in total. The van der Waals surface area contributed by atoms with Gasteiger partial charge in [0.2, 0.25) is 0 Å². The molecule has 0 radical (unpaired) electrons. The molecule has 4 heteroatoms.